The van der Waals surface area contributed by atoms with E-state index in [9.17, 15) is 0 Å². The van der Waals surface area contributed by atoms with Gasteiger partial charge in [0.05, 0.1) is 11.8 Å². The first kappa shape index (κ1) is 19.7. The predicted molar refractivity (Wildman–Crippen MR) is 114 cm³/mol. The highest BCUT2D eigenvalue weighted by molar-refractivity contribution is 7.07. The van der Waals surface area contributed by atoms with Crippen LogP contribution >= 0.6 is 11.3 Å². The molecule has 146 valence electrons. The number of hydrogen-bond donors (Lipinski definition) is 1. The molecule has 0 spiro atoms. The molecule has 1 aromatic carbocycles. The van der Waals surface area contributed by atoms with Crippen molar-refractivity contribution in [3.8, 4) is 5.75 Å². The van der Waals surface area contributed by atoms with Gasteiger partial charge in [-0.3, -0.25) is 4.99 Å². The zero-order chi connectivity index (χ0) is 19.2. The van der Waals surface area contributed by atoms with Crippen LogP contribution in [0.4, 0.5) is 0 Å². The number of aryl methyl sites for hydroxylation is 3. The van der Waals surface area contributed by atoms with Crippen molar-refractivity contribution < 1.29 is 4.74 Å². The minimum atomic E-state index is 0.644. The Balaban J connectivity index is 1.58. The van der Waals surface area contributed by atoms with Crippen molar-refractivity contribution >= 4 is 17.2 Å². The number of thiophene rings is 1. The minimum absolute atomic E-state index is 0.644. The number of nitrogens with zero attached hydrogens (tertiary/aromatic N) is 2. The van der Waals surface area contributed by atoms with Gasteiger partial charge in [0.15, 0.2) is 0 Å². The second-order valence-electron chi connectivity index (χ2n) is 7.28. The third-order valence-corrected chi connectivity index (χ3v) is 5.78. The van der Waals surface area contributed by atoms with E-state index >= 15 is 0 Å². The molecule has 0 bridgehead atoms. The van der Waals surface area contributed by atoms with Crippen LogP contribution in [0, 0.1) is 13.8 Å². The van der Waals surface area contributed by atoms with Gasteiger partial charge in [-0.2, -0.15) is 0 Å². The maximum absolute atomic E-state index is 6.13. The number of rotatable bonds is 9. The minimum Gasteiger partial charge on any atom is -0.491 e. The van der Waals surface area contributed by atoms with Gasteiger partial charge in [0.1, 0.15) is 29.5 Å². The molecule has 1 aliphatic rings. The molecule has 3 rings (SSSR count). The SMILES string of the molecule is CCCCCc1cc(C)c(OCCNC2=c3ccsc3=NCN2C)c(C)c1. The van der Waals surface area contributed by atoms with Crippen LogP contribution in [0.3, 0.4) is 0 Å². The summed E-state index contributed by atoms with van der Waals surface area (Å²) in [5.74, 6) is 2.17. The first-order valence-electron chi connectivity index (χ1n) is 9.90. The van der Waals surface area contributed by atoms with Gasteiger partial charge >= 0.3 is 0 Å². The van der Waals surface area contributed by atoms with E-state index in [0.717, 1.165) is 29.2 Å². The number of fused-ring (bicyclic) bond motifs is 1. The number of unbranched alkanes of at least 4 members (excludes halogenated alkanes) is 2. The van der Waals surface area contributed by atoms with Crippen molar-refractivity contribution in [2.24, 2.45) is 4.99 Å². The number of ether oxygens (including phenoxy) is 1. The summed E-state index contributed by atoms with van der Waals surface area (Å²) in [5.41, 5.74) is 3.91. The molecule has 1 N–H and O–H groups in total. The summed E-state index contributed by atoms with van der Waals surface area (Å²) < 4.78 is 7.24. The van der Waals surface area contributed by atoms with Crippen molar-refractivity contribution in [1.29, 1.82) is 0 Å². The van der Waals surface area contributed by atoms with Crippen LogP contribution < -0.4 is 19.9 Å². The van der Waals surface area contributed by atoms with Gasteiger partial charge in [-0.1, -0.05) is 31.9 Å². The molecular weight excluding hydrogens is 354 g/mol. The third-order valence-electron chi connectivity index (χ3n) is 4.94. The lowest BCUT2D eigenvalue weighted by atomic mass is 10.0. The number of benzene rings is 1. The molecule has 2 aromatic rings. The Morgan fingerprint density at radius 3 is 2.74 bits per heavy atom. The van der Waals surface area contributed by atoms with Crippen LogP contribution in [0.15, 0.2) is 28.6 Å². The zero-order valence-electron chi connectivity index (χ0n) is 17.0. The van der Waals surface area contributed by atoms with Crippen LogP contribution in [0.5, 0.6) is 5.75 Å². The van der Waals surface area contributed by atoms with E-state index in [2.05, 4.69) is 66.6 Å². The quantitative estimate of drug-likeness (QED) is 0.673. The van der Waals surface area contributed by atoms with E-state index in [-0.39, 0.29) is 0 Å². The summed E-state index contributed by atoms with van der Waals surface area (Å²) in [6.07, 6.45) is 4.99. The average Bonchev–Trinajstić information content (AvgIpc) is 3.11. The largest absolute Gasteiger partial charge is 0.491 e. The van der Waals surface area contributed by atoms with Crippen molar-refractivity contribution in [2.75, 3.05) is 26.9 Å². The molecule has 0 atom stereocenters. The first-order chi connectivity index (χ1) is 13.1. The molecule has 0 aliphatic carbocycles. The van der Waals surface area contributed by atoms with Crippen molar-refractivity contribution in [2.45, 2.75) is 46.5 Å². The topological polar surface area (TPSA) is 36.9 Å². The molecule has 0 fully saturated rings. The number of hydrogen-bond acceptors (Lipinski definition) is 5. The van der Waals surface area contributed by atoms with Gasteiger partial charge in [-0.25, -0.2) is 0 Å². The Labute approximate surface area is 166 Å². The summed E-state index contributed by atoms with van der Waals surface area (Å²) in [5, 5.41) is 6.82. The zero-order valence-corrected chi connectivity index (χ0v) is 17.8. The summed E-state index contributed by atoms with van der Waals surface area (Å²) in [7, 11) is 2.07. The highest BCUT2D eigenvalue weighted by Gasteiger charge is 2.11. The molecule has 0 radical (unpaired) electrons. The van der Waals surface area contributed by atoms with Gasteiger partial charge in [0.25, 0.3) is 0 Å². The number of nitrogens with one attached hydrogen (secondary N) is 1. The second-order valence-corrected chi connectivity index (χ2v) is 8.17. The van der Waals surface area contributed by atoms with Crippen LogP contribution in [-0.4, -0.2) is 31.8 Å². The van der Waals surface area contributed by atoms with Gasteiger partial charge < -0.3 is 15.0 Å². The molecule has 0 unspecified atom stereocenters. The Bertz CT molecular complexity index is 864. The Hall–Kier alpha value is -2.01. The van der Waals surface area contributed by atoms with E-state index in [4.69, 9.17) is 4.74 Å². The molecule has 5 heteroatoms. The highest BCUT2D eigenvalue weighted by Crippen LogP contribution is 2.25. The summed E-state index contributed by atoms with van der Waals surface area (Å²) in [6, 6.07) is 6.70. The van der Waals surface area contributed by atoms with E-state index in [1.165, 1.54) is 41.2 Å². The third kappa shape index (κ3) is 4.83. The summed E-state index contributed by atoms with van der Waals surface area (Å²) in [6.45, 7) is 8.67. The van der Waals surface area contributed by atoms with Gasteiger partial charge in [0.2, 0.25) is 0 Å². The monoisotopic (exact) mass is 385 g/mol. The standard InChI is InChI=1S/C22H31N3OS/c1-5-6-7-8-18-13-16(2)20(17(3)14-18)26-11-10-23-21-19-9-12-27-22(19)24-15-25(21)4/h9,12-14,23H,5-8,10-11,15H2,1-4H3. The molecule has 0 saturated heterocycles. The second kappa shape index (κ2) is 9.27. The lowest BCUT2D eigenvalue weighted by Gasteiger charge is -2.24. The Kier molecular flexibility index (Phi) is 6.78. The predicted octanol–water partition coefficient (Wildman–Crippen LogP) is 3.35. The Morgan fingerprint density at radius 2 is 2.00 bits per heavy atom. The van der Waals surface area contributed by atoms with Crippen molar-refractivity contribution in [1.82, 2.24) is 10.2 Å². The van der Waals surface area contributed by atoms with E-state index in [1.807, 2.05) is 0 Å². The molecule has 0 amide bonds. The Morgan fingerprint density at radius 1 is 1.22 bits per heavy atom. The average molecular weight is 386 g/mol. The summed E-state index contributed by atoms with van der Waals surface area (Å²) in [4.78, 5) is 6.72. The molecular formula is C22H31N3OS. The first-order valence-corrected chi connectivity index (χ1v) is 10.8. The highest BCUT2D eigenvalue weighted by atomic mass is 32.1. The van der Waals surface area contributed by atoms with Crippen LogP contribution in [0.1, 0.15) is 42.9 Å². The van der Waals surface area contributed by atoms with Crippen molar-refractivity contribution in [3.05, 3.63) is 50.2 Å². The smallest absolute Gasteiger partial charge is 0.125 e. The molecule has 27 heavy (non-hydrogen) atoms. The molecule has 2 heterocycles. The van der Waals surface area contributed by atoms with E-state index in [1.54, 1.807) is 11.3 Å². The van der Waals surface area contributed by atoms with Crippen LogP contribution in [-0.2, 0) is 6.42 Å². The normalized spacial score (nSPS) is 13.3. The van der Waals surface area contributed by atoms with E-state index in [0.29, 0.717) is 13.3 Å². The maximum Gasteiger partial charge on any atom is 0.125 e. The van der Waals surface area contributed by atoms with E-state index < -0.39 is 0 Å². The van der Waals surface area contributed by atoms with Gasteiger partial charge in [-0.05, 0) is 54.8 Å². The fraction of sp³-hybridized carbons (Fsp3) is 0.500. The molecule has 1 aromatic heterocycles. The van der Waals surface area contributed by atoms with Crippen molar-refractivity contribution in [3.63, 3.8) is 0 Å². The van der Waals surface area contributed by atoms with Gasteiger partial charge in [0, 0.05) is 7.05 Å². The van der Waals surface area contributed by atoms with Crippen LogP contribution in [0.25, 0.3) is 5.82 Å². The lowest BCUT2D eigenvalue weighted by molar-refractivity contribution is 0.312. The van der Waals surface area contributed by atoms with Gasteiger partial charge in [-0.15, -0.1) is 11.3 Å². The van der Waals surface area contributed by atoms with Crippen LogP contribution in [0.2, 0.25) is 0 Å². The lowest BCUT2D eigenvalue weighted by Crippen LogP contribution is -2.42. The fourth-order valence-electron chi connectivity index (χ4n) is 3.59. The summed E-state index contributed by atoms with van der Waals surface area (Å²) >= 11 is 1.69. The molecule has 4 nitrogen and oxygen atoms in total. The maximum atomic E-state index is 6.13. The fourth-order valence-corrected chi connectivity index (χ4v) is 4.35. The molecule has 0 saturated carbocycles. The molecule has 1 aliphatic heterocycles.